The van der Waals surface area contributed by atoms with Crippen molar-refractivity contribution >= 4 is 11.8 Å². The van der Waals surface area contributed by atoms with Gasteiger partial charge in [0.1, 0.15) is 5.82 Å². The maximum Gasteiger partial charge on any atom is 0.320 e. The lowest BCUT2D eigenvalue weighted by Crippen LogP contribution is -2.32. The molecule has 128 valence electrons. The number of urea groups is 1. The summed E-state index contributed by atoms with van der Waals surface area (Å²) in [6, 6.07) is 15.4. The van der Waals surface area contributed by atoms with Crippen LogP contribution in [0.4, 0.5) is 10.6 Å². The number of hydrogen-bond donors (Lipinski definition) is 2. The summed E-state index contributed by atoms with van der Waals surface area (Å²) in [5, 5.41) is 10.0. The minimum Gasteiger partial charge on any atom is -0.331 e. The van der Waals surface area contributed by atoms with Crippen LogP contribution in [0.5, 0.6) is 0 Å². The van der Waals surface area contributed by atoms with E-state index in [2.05, 4.69) is 32.8 Å². The van der Waals surface area contributed by atoms with Gasteiger partial charge in [0.15, 0.2) is 0 Å². The summed E-state index contributed by atoms with van der Waals surface area (Å²) < 4.78 is 1.79. The van der Waals surface area contributed by atoms with E-state index in [0.717, 1.165) is 12.0 Å². The van der Waals surface area contributed by atoms with Crippen LogP contribution < -0.4 is 10.6 Å². The molecule has 25 heavy (non-hydrogen) atoms. The number of anilines is 1. The topological polar surface area (TPSA) is 71.8 Å². The molecule has 2 heterocycles. The molecule has 2 N–H and O–H groups in total. The molecule has 0 aliphatic heterocycles. The molecule has 3 aromatic rings. The number of carbonyl (C=O) groups excluding carboxylic acids is 1. The molecule has 0 spiro atoms. The van der Waals surface area contributed by atoms with Crippen molar-refractivity contribution in [2.75, 3.05) is 5.32 Å². The van der Waals surface area contributed by atoms with Gasteiger partial charge in [0.05, 0.1) is 12.2 Å². The number of nitrogens with one attached hydrogen (secondary N) is 2. The molecule has 6 heteroatoms. The van der Waals surface area contributed by atoms with Crippen molar-refractivity contribution in [1.82, 2.24) is 20.1 Å². The third-order valence-electron chi connectivity index (χ3n) is 3.95. The van der Waals surface area contributed by atoms with E-state index in [-0.39, 0.29) is 12.1 Å². The zero-order valence-corrected chi connectivity index (χ0v) is 14.1. The fraction of sp³-hybridized carbons (Fsp3) is 0.211. The second-order valence-corrected chi connectivity index (χ2v) is 5.78. The Morgan fingerprint density at radius 3 is 2.72 bits per heavy atom. The maximum atomic E-state index is 12.2. The van der Waals surface area contributed by atoms with Crippen LogP contribution >= 0.6 is 0 Å². The number of amides is 2. The minimum atomic E-state index is -0.266. The quantitative estimate of drug-likeness (QED) is 0.725. The molecular formula is C19H21N5O. The van der Waals surface area contributed by atoms with E-state index in [0.29, 0.717) is 12.4 Å². The zero-order chi connectivity index (χ0) is 17.5. The second kappa shape index (κ2) is 8.10. The van der Waals surface area contributed by atoms with Crippen molar-refractivity contribution in [3.05, 3.63) is 78.2 Å². The minimum absolute atomic E-state index is 0.130. The second-order valence-electron chi connectivity index (χ2n) is 5.78. The molecule has 0 fully saturated rings. The first kappa shape index (κ1) is 16.7. The van der Waals surface area contributed by atoms with Crippen molar-refractivity contribution in [3.8, 4) is 0 Å². The maximum absolute atomic E-state index is 12.2. The first-order chi connectivity index (χ1) is 12.2. The summed E-state index contributed by atoms with van der Waals surface area (Å²) in [6.45, 7) is 2.62. The molecule has 2 aromatic heterocycles. The van der Waals surface area contributed by atoms with Crippen LogP contribution in [0.2, 0.25) is 0 Å². The number of nitrogens with zero attached hydrogens (tertiary/aromatic N) is 3. The van der Waals surface area contributed by atoms with Crippen LogP contribution in [-0.2, 0) is 13.0 Å². The van der Waals surface area contributed by atoms with Gasteiger partial charge in [0.25, 0.3) is 0 Å². The van der Waals surface area contributed by atoms with Crippen molar-refractivity contribution in [2.45, 2.75) is 25.9 Å². The van der Waals surface area contributed by atoms with Crippen LogP contribution in [0, 0.1) is 0 Å². The molecule has 0 saturated heterocycles. The van der Waals surface area contributed by atoms with Crippen LogP contribution in [0.25, 0.3) is 0 Å². The van der Waals surface area contributed by atoms with Crippen molar-refractivity contribution in [3.63, 3.8) is 0 Å². The third-order valence-corrected chi connectivity index (χ3v) is 3.95. The van der Waals surface area contributed by atoms with E-state index in [1.165, 1.54) is 5.56 Å². The van der Waals surface area contributed by atoms with Gasteiger partial charge in [-0.15, -0.1) is 0 Å². The number of aromatic nitrogens is 3. The number of rotatable bonds is 6. The molecule has 1 unspecified atom stereocenters. The molecule has 1 aromatic carbocycles. The average molecular weight is 335 g/mol. The van der Waals surface area contributed by atoms with Gasteiger partial charge < -0.3 is 5.32 Å². The molecule has 1 atom stereocenters. The average Bonchev–Trinajstić information content (AvgIpc) is 3.08. The number of aryl methyl sites for hydroxylation is 2. The van der Waals surface area contributed by atoms with Crippen molar-refractivity contribution < 1.29 is 4.79 Å². The first-order valence-corrected chi connectivity index (χ1v) is 8.25. The summed E-state index contributed by atoms with van der Waals surface area (Å²) in [5.41, 5.74) is 2.19. The summed E-state index contributed by atoms with van der Waals surface area (Å²) in [4.78, 5) is 16.3. The molecule has 3 rings (SSSR count). The Balaban J connectivity index is 1.56. The largest absolute Gasteiger partial charge is 0.331 e. The van der Waals surface area contributed by atoms with Gasteiger partial charge in [-0.05, 0) is 30.5 Å². The number of benzene rings is 1. The fourth-order valence-electron chi connectivity index (χ4n) is 2.56. The zero-order valence-electron chi connectivity index (χ0n) is 14.1. The fourth-order valence-corrected chi connectivity index (χ4v) is 2.56. The van der Waals surface area contributed by atoms with Gasteiger partial charge in [-0.1, -0.05) is 36.4 Å². The summed E-state index contributed by atoms with van der Waals surface area (Å²) in [6.07, 6.45) is 5.99. The Kier molecular flexibility index (Phi) is 5.41. The number of pyridine rings is 1. The van der Waals surface area contributed by atoms with Gasteiger partial charge >= 0.3 is 6.03 Å². The standard InChI is InChI=1S/C19H21N5O/c1-15(17-8-5-11-20-14-17)22-19(25)23-18-9-12-21-24(18)13-10-16-6-3-2-4-7-16/h2-9,11-12,14-15H,10,13H2,1H3,(H2,22,23,25). The van der Waals surface area contributed by atoms with Crippen LogP contribution in [0.15, 0.2) is 67.1 Å². The summed E-state index contributed by atoms with van der Waals surface area (Å²) >= 11 is 0. The SMILES string of the molecule is CC(NC(=O)Nc1ccnn1CCc1ccccc1)c1cccnc1. The number of carbonyl (C=O) groups is 1. The van der Waals surface area contributed by atoms with E-state index in [1.54, 1.807) is 29.3 Å². The van der Waals surface area contributed by atoms with Gasteiger partial charge in [-0.3, -0.25) is 10.3 Å². The summed E-state index contributed by atoms with van der Waals surface area (Å²) in [7, 11) is 0. The van der Waals surface area contributed by atoms with E-state index >= 15 is 0 Å². The predicted molar refractivity (Wildman–Crippen MR) is 97.2 cm³/mol. The Hall–Kier alpha value is -3.15. The Bertz CT molecular complexity index is 801. The molecule has 0 bridgehead atoms. The molecule has 0 aliphatic carbocycles. The van der Waals surface area contributed by atoms with Crippen LogP contribution in [0.3, 0.4) is 0 Å². The number of hydrogen-bond acceptors (Lipinski definition) is 3. The lowest BCUT2D eigenvalue weighted by atomic mass is 10.1. The molecule has 6 nitrogen and oxygen atoms in total. The lowest BCUT2D eigenvalue weighted by Gasteiger charge is -2.15. The van der Waals surface area contributed by atoms with E-state index in [4.69, 9.17) is 0 Å². The van der Waals surface area contributed by atoms with Crippen LogP contribution in [-0.4, -0.2) is 20.8 Å². The highest BCUT2D eigenvalue weighted by molar-refractivity contribution is 5.88. The smallest absolute Gasteiger partial charge is 0.320 e. The van der Waals surface area contributed by atoms with E-state index < -0.39 is 0 Å². The van der Waals surface area contributed by atoms with E-state index in [9.17, 15) is 4.79 Å². The Morgan fingerprint density at radius 2 is 1.96 bits per heavy atom. The van der Waals surface area contributed by atoms with Crippen LogP contribution in [0.1, 0.15) is 24.1 Å². The monoisotopic (exact) mass is 335 g/mol. The van der Waals surface area contributed by atoms with Gasteiger partial charge in [-0.2, -0.15) is 5.10 Å². The first-order valence-electron chi connectivity index (χ1n) is 8.25. The molecule has 0 aliphatic rings. The highest BCUT2D eigenvalue weighted by Crippen LogP contribution is 2.12. The molecule has 0 radical (unpaired) electrons. The van der Waals surface area contributed by atoms with Crippen molar-refractivity contribution in [2.24, 2.45) is 0 Å². The van der Waals surface area contributed by atoms with Gasteiger partial charge in [0.2, 0.25) is 0 Å². The van der Waals surface area contributed by atoms with E-state index in [1.807, 2.05) is 37.3 Å². The lowest BCUT2D eigenvalue weighted by molar-refractivity contribution is 0.249. The van der Waals surface area contributed by atoms with Crippen molar-refractivity contribution in [1.29, 1.82) is 0 Å². The van der Waals surface area contributed by atoms with Gasteiger partial charge in [-0.25, -0.2) is 9.48 Å². The summed E-state index contributed by atoms with van der Waals surface area (Å²) in [5.74, 6) is 0.673. The third kappa shape index (κ3) is 4.67. The van der Waals surface area contributed by atoms with Gasteiger partial charge in [0, 0.05) is 25.0 Å². The predicted octanol–water partition coefficient (Wildman–Crippen LogP) is 3.40. The molecular weight excluding hydrogens is 314 g/mol. The Morgan fingerprint density at radius 1 is 1.12 bits per heavy atom. The normalized spacial score (nSPS) is 11.7. The highest BCUT2D eigenvalue weighted by Gasteiger charge is 2.11. The molecule has 2 amide bonds. The molecule has 0 saturated carbocycles. The highest BCUT2D eigenvalue weighted by atomic mass is 16.2. The Labute approximate surface area is 146 Å².